The quantitative estimate of drug-likeness (QED) is 0.139. The zero-order valence-corrected chi connectivity index (χ0v) is 25.9. The third kappa shape index (κ3) is 5.00. The van der Waals surface area contributed by atoms with E-state index in [4.69, 9.17) is 23.5 Å². The van der Waals surface area contributed by atoms with Gasteiger partial charge in [-0.1, -0.05) is 25.1 Å². The van der Waals surface area contributed by atoms with E-state index in [0.717, 1.165) is 21.7 Å². The fourth-order valence-corrected chi connectivity index (χ4v) is 7.41. The number of rotatable bonds is 7. The molecule has 16 nitrogen and oxygen atoms in total. The van der Waals surface area contributed by atoms with Crippen molar-refractivity contribution in [3.8, 4) is 11.4 Å². The van der Waals surface area contributed by atoms with Crippen LogP contribution in [-0.4, -0.2) is 65.1 Å². The standard InChI is InChI=1S/C30H29N4O12P/c1-3-30(46-47(41,42)44-13-21-23(35)24(36)27(45-21)34-10-14(2)25(37)32-29(34)40)18-9-20-22-16(8-15-6-4-5-7-19(15)31-22)11-33(20)26(38)17(18)12-43-28(30)39/h4-10,21,23-24,27,35-36H,3,11-13H2,1-2H3,(H,41,42)(H,32,37,40)/t21-,23-,24-,27-,30+/m1/s1. The summed E-state index contributed by atoms with van der Waals surface area (Å²) in [7, 11) is -5.20. The molecule has 0 aliphatic carbocycles. The molecule has 1 aromatic carbocycles. The second kappa shape index (κ2) is 11.2. The van der Waals surface area contributed by atoms with Gasteiger partial charge in [-0.25, -0.2) is 19.1 Å². The Balaban J connectivity index is 1.18. The number of para-hydroxylation sites is 1. The number of nitrogens with zero attached hydrogens (tertiary/aromatic N) is 3. The summed E-state index contributed by atoms with van der Waals surface area (Å²) in [6.07, 6.45) is -5.37. The van der Waals surface area contributed by atoms with Gasteiger partial charge in [-0.05, 0) is 31.5 Å². The maximum absolute atomic E-state index is 13.7. The fourth-order valence-electron chi connectivity index (χ4n) is 6.33. The van der Waals surface area contributed by atoms with Crippen LogP contribution in [0.1, 0.15) is 41.8 Å². The first-order valence-electron chi connectivity index (χ1n) is 14.7. The lowest BCUT2D eigenvalue weighted by Gasteiger charge is -2.36. The molecular weight excluding hydrogens is 639 g/mol. The number of ether oxygens (including phenoxy) is 2. The summed E-state index contributed by atoms with van der Waals surface area (Å²) in [6.45, 7) is 1.95. The number of hydrogen-bond donors (Lipinski definition) is 4. The third-order valence-corrected chi connectivity index (χ3v) is 9.83. The molecule has 7 rings (SSSR count). The SMILES string of the molecule is CC[C@@]1(OP(=O)(O)OC[C@H]2O[C@@H](n3cc(C)c(=O)[nH]c3=O)[C@H](O)[C@@H]2O)C(=O)OCc2c1cc1n(c2=O)Cc2cc3ccccc3nc2-1. The summed E-state index contributed by atoms with van der Waals surface area (Å²) in [5.41, 5.74) is -1.64. The lowest BCUT2D eigenvalue weighted by Crippen LogP contribution is -2.46. The van der Waals surface area contributed by atoms with Crippen molar-refractivity contribution < 1.29 is 43.0 Å². The van der Waals surface area contributed by atoms with Crippen molar-refractivity contribution in [3.05, 3.63) is 96.0 Å². The van der Waals surface area contributed by atoms with Crippen LogP contribution in [0.25, 0.3) is 22.3 Å². The van der Waals surface area contributed by atoms with Crippen molar-refractivity contribution in [1.29, 1.82) is 0 Å². The second-order valence-electron chi connectivity index (χ2n) is 11.6. The normalized spacial score (nSPS) is 26.0. The highest BCUT2D eigenvalue weighted by atomic mass is 31.2. The lowest BCUT2D eigenvalue weighted by molar-refractivity contribution is -0.171. The van der Waals surface area contributed by atoms with Gasteiger partial charge in [-0.2, -0.15) is 0 Å². The van der Waals surface area contributed by atoms with E-state index in [1.165, 1.54) is 18.4 Å². The van der Waals surface area contributed by atoms with E-state index in [-0.39, 0.29) is 36.3 Å². The molecule has 3 aliphatic rings. The predicted octanol–water partition coefficient (Wildman–Crippen LogP) is 0.699. The van der Waals surface area contributed by atoms with Gasteiger partial charge in [-0.3, -0.25) is 28.2 Å². The highest BCUT2D eigenvalue weighted by Gasteiger charge is 2.53. The average Bonchev–Trinajstić information content (AvgIpc) is 3.54. The Hall–Kier alpha value is -4.28. The number of nitrogens with one attached hydrogen (secondary N) is 1. The minimum atomic E-state index is -5.20. The maximum Gasteiger partial charge on any atom is 0.473 e. The van der Waals surface area contributed by atoms with Crippen LogP contribution in [0.3, 0.4) is 0 Å². The van der Waals surface area contributed by atoms with Crippen LogP contribution in [0, 0.1) is 6.92 Å². The van der Waals surface area contributed by atoms with Gasteiger partial charge in [0.15, 0.2) is 6.23 Å². The van der Waals surface area contributed by atoms with E-state index in [1.54, 1.807) is 6.07 Å². The van der Waals surface area contributed by atoms with E-state index >= 15 is 0 Å². The van der Waals surface area contributed by atoms with E-state index in [2.05, 4.69) is 4.98 Å². The Morgan fingerprint density at radius 3 is 2.68 bits per heavy atom. The summed E-state index contributed by atoms with van der Waals surface area (Å²) in [5.74, 6) is -1.01. The largest absolute Gasteiger partial charge is 0.473 e. The summed E-state index contributed by atoms with van der Waals surface area (Å²) < 4.78 is 37.4. The smallest absolute Gasteiger partial charge is 0.458 e. The fraction of sp³-hybridized carbons (Fsp3) is 0.367. The van der Waals surface area contributed by atoms with Gasteiger partial charge in [0, 0.05) is 28.3 Å². The molecule has 0 saturated carbocycles. The number of hydrogen-bond acceptors (Lipinski definition) is 12. The van der Waals surface area contributed by atoms with Crippen molar-refractivity contribution >= 4 is 24.7 Å². The van der Waals surface area contributed by atoms with Gasteiger partial charge >= 0.3 is 19.5 Å². The predicted molar refractivity (Wildman–Crippen MR) is 161 cm³/mol. The molecule has 1 unspecified atom stereocenters. The van der Waals surface area contributed by atoms with Crippen LogP contribution in [0.5, 0.6) is 0 Å². The number of aryl methyl sites for hydroxylation is 1. The molecule has 1 saturated heterocycles. The second-order valence-corrected chi connectivity index (χ2v) is 13.0. The number of phosphoric ester groups is 1. The van der Waals surface area contributed by atoms with Crippen LogP contribution < -0.4 is 16.8 Å². The zero-order chi connectivity index (χ0) is 33.4. The van der Waals surface area contributed by atoms with E-state index in [9.17, 15) is 38.8 Å². The Bertz CT molecular complexity index is 2190. The van der Waals surface area contributed by atoms with Crippen molar-refractivity contribution in [2.24, 2.45) is 0 Å². The Morgan fingerprint density at radius 2 is 1.91 bits per heavy atom. The Morgan fingerprint density at radius 1 is 1.15 bits per heavy atom. The number of aliphatic hydroxyl groups excluding tert-OH is 2. The highest BCUT2D eigenvalue weighted by molar-refractivity contribution is 7.47. The molecule has 3 aliphatic heterocycles. The minimum Gasteiger partial charge on any atom is -0.458 e. The summed E-state index contributed by atoms with van der Waals surface area (Å²) in [6, 6.07) is 10.9. The molecule has 3 aromatic heterocycles. The molecule has 47 heavy (non-hydrogen) atoms. The van der Waals surface area contributed by atoms with Crippen molar-refractivity contribution in [2.75, 3.05) is 6.61 Å². The zero-order valence-electron chi connectivity index (χ0n) is 25.0. The third-order valence-electron chi connectivity index (χ3n) is 8.81. The van der Waals surface area contributed by atoms with E-state index in [1.807, 2.05) is 30.3 Å². The summed E-state index contributed by atoms with van der Waals surface area (Å²) in [4.78, 5) is 68.8. The first kappa shape index (κ1) is 31.3. The van der Waals surface area contributed by atoms with Gasteiger partial charge in [0.05, 0.1) is 35.6 Å². The molecule has 4 aromatic rings. The molecule has 0 amide bonds. The molecule has 1 fully saturated rings. The van der Waals surface area contributed by atoms with Gasteiger partial charge in [0.25, 0.3) is 11.1 Å². The van der Waals surface area contributed by atoms with Crippen LogP contribution in [0.4, 0.5) is 0 Å². The number of carbonyl (C=O) groups excluding carboxylic acids is 1. The number of aromatic nitrogens is 4. The molecule has 6 heterocycles. The van der Waals surface area contributed by atoms with Gasteiger partial charge < -0.3 is 29.1 Å². The summed E-state index contributed by atoms with van der Waals surface area (Å²) in [5, 5.41) is 22.0. The van der Waals surface area contributed by atoms with Gasteiger partial charge in [-0.15, -0.1) is 0 Å². The molecule has 6 atom stereocenters. The molecular formula is C30H29N4O12P. The minimum absolute atomic E-state index is 0.0358. The maximum atomic E-state index is 13.7. The average molecular weight is 669 g/mol. The number of H-pyrrole nitrogens is 1. The number of phosphoric acid groups is 1. The molecule has 17 heteroatoms. The van der Waals surface area contributed by atoms with Gasteiger partial charge in [0.2, 0.25) is 5.60 Å². The molecule has 0 bridgehead atoms. The number of cyclic esters (lactones) is 1. The van der Waals surface area contributed by atoms with Crippen molar-refractivity contribution in [2.45, 2.75) is 63.6 Å². The van der Waals surface area contributed by atoms with E-state index in [0.29, 0.717) is 16.9 Å². The Labute approximate surface area is 264 Å². The van der Waals surface area contributed by atoms with Crippen LogP contribution >= 0.6 is 7.82 Å². The van der Waals surface area contributed by atoms with E-state index < -0.39 is 67.3 Å². The number of aromatic amines is 1. The monoisotopic (exact) mass is 668 g/mol. The molecule has 246 valence electrons. The molecule has 4 N–H and O–H groups in total. The topological polar surface area (TPSA) is 221 Å². The number of aliphatic hydroxyl groups is 2. The Kier molecular flexibility index (Phi) is 7.44. The first-order valence-corrected chi connectivity index (χ1v) is 16.2. The van der Waals surface area contributed by atoms with Crippen molar-refractivity contribution in [1.82, 2.24) is 19.1 Å². The summed E-state index contributed by atoms with van der Waals surface area (Å²) >= 11 is 0. The van der Waals surface area contributed by atoms with Crippen LogP contribution in [-0.2, 0) is 46.6 Å². The number of pyridine rings is 2. The van der Waals surface area contributed by atoms with Crippen LogP contribution in [0.15, 0.2) is 57.0 Å². The lowest BCUT2D eigenvalue weighted by atomic mass is 9.86. The van der Waals surface area contributed by atoms with Gasteiger partial charge in [0.1, 0.15) is 24.9 Å². The first-order chi connectivity index (χ1) is 22.3. The molecule has 0 radical (unpaired) electrons. The number of benzene rings is 1. The number of carbonyl (C=O) groups is 1. The number of esters is 1. The molecule has 0 spiro atoms. The van der Waals surface area contributed by atoms with Crippen LogP contribution in [0.2, 0.25) is 0 Å². The van der Waals surface area contributed by atoms with Crippen molar-refractivity contribution in [3.63, 3.8) is 0 Å². The number of fused-ring (bicyclic) bond motifs is 5. The highest BCUT2D eigenvalue weighted by Crippen LogP contribution is 2.54.